The highest BCUT2D eigenvalue weighted by Crippen LogP contribution is 2.55. The molecule has 198 valence electrons. The molecule has 0 aliphatic carbocycles. The van der Waals surface area contributed by atoms with Gasteiger partial charge in [-0.2, -0.15) is 52.7 Å². The SMILES string of the molecule is Cn1cc(-c2nc(C(F)(C(F)(F)F)C(F)(F)F)nc(C(F)(C(F)(F)F)C(F)(F)F)n2)c2ccccc21. The van der Waals surface area contributed by atoms with Crippen LogP contribution in [0.3, 0.4) is 0 Å². The topological polar surface area (TPSA) is 43.6 Å². The molecule has 0 aliphatic heterocycles. The molecule has 2 heterocycles. The second-order valence-corrected chi connectivity index (χ2v) is 7.29. The summed E-state index contributed by atoms with van der Waals surface area (Å²) < 4.78 is 189. The van der Waals surface area contributed by atoms with Crippen molar-refractivity contribution in [1.82, 2.24) is 19.5 Å². The minimum atomic E-state index is -7.05. The summed E-state index contributed by atoms with van der Waals surface area (Å²) in [6.07, 6.45) is -27.4. The van der Waals surface area contributed by atoms with Gasteiger partial charge in [0.1, 0.15) is 0 Å². The Morgan fingerprint density at radius 2 is 0.972 bits per heavy atom. The Hall–Kier alpha value is -3.21. The molecule has 0 atom stereocenters. The minimum Gasteiger partial charge on any atom is -0.350 e. The van der Waals surface area contributed by atoms with Gasteiger partial charge in [0.05, 0.1) is 0 Å². The molecule has 2 aromatic heterocycles. The third-order valence-electron chi connectivity index (χ3n) is 4.95. The molecule has 0 unspecified atom stereocenters. The van der Waals surface area contributed by atoms with E-state index in [-0.39, 0.29) is 10.9 Å². The number of fused-ring (bicyclic) bond motifs is 1. The standard InChI is InChI=1S/C18H8F14N4/c1-36-6-8(7-4-2-3-5-9(7)36)10-33-11(13(19,15(21,22)23)16(24,25)26)35-12(34-10)14(20,17(27,28)29)18(30,31)32/h2-6H,1H3. The van der Waals surface area contributed by atoms with E-state index in [0.717, 1.165) is 16.8 Å². The number of hydrogen-bond acceptors (Lipinski definition) is 3. The molecule has 1 aromatic carbocycles. The summed E-state index contributed by atoms with van der Waals surface area (Å²) in [5.41, 5.74) is -14.0. The van der Waals surface area contributed by atoms with Gasteiger partial charge < -0.3 is 4.57 Å². The molecule has 36 heavy (non-hydrogen) atoms. The molecule has 0 amide bonds. The van der Waals surface area contributed by atoms with Gasteiger partial charge in [0.15, 0.2) is 17.5 Å². The molecular formula is C18H8F14N4. The quantitative estimate of drug-likeness (QED) is 0.348. The monoisotopic (exact) mass is 546 g/mol. The average Bonchev–Trinajstić information content (AvgIpc) is 3.05. The van der Waals surface area contributed by atoms with Gasteiger partial charge in [-0.3, -0.25) is 0 Å². The van der Waals surface area contributed by atoms with Gasteiger partial charge >= 0.3 is 36.0 Å². The van der Waals surface area contributed by atoms with Crippen LogP contribution < -0.4 is 0 Å². The van der Waals surface area contributed by atoms with Gasteiger partial charge in [-0.15, -0.1) is 0 Å². The Morgan fingerprint density at radius 1 is 0.583 bits per heavy atom. The fourth-order valence-corrected chi connectivity index (χ4v) is 3.15. The summed E-state index contributed by atoms with van der Waals surface area (Å²) in [5, 5.41) is -0.199. The molecule has 0 fully saturated rings. The van der Waals surface area contributed by atoms with E-state index < -0.39 is 59.1 Å². The number of halogens is 14. The van der Waals surface area contributed by atoms with E-state index in [1.54, 1.807) is 4.98 Å². The smallest absolute Gasteiger partial charge is 0.350 e. The van der Waals surface area contributed by atoms with E-state index >= 15 is 0 Å². The van der Waals surface area contributed by atoms with E-state index in [4.69, 9.17) is 0 Å². The van der Waals surface area contributed by atoms with Crippen LogP contribution in [0.5, 0.6) is 0 Å². The molecule has 0 saturated carbocycles. The van der Waals surface area contributed by atoms with Crippen molar-refractivity contribution in [2.45, 2.75) is 36.0 Å². The molecule has 18 heteroatoms. The lowest BCUT2D eigenvalue weighted by Crippen LogP contribution is -2.54. The zero-order valence-corrected chi connectivity index (χ0v) is 17.0. The third-order valence-corrected chi connectivity index (χ3v) is 4.95. The molecule has 3 rings (SSSR count). The summed E-state index contributed by atoms with van der Waals surface area (Å²) in [6, 6.07) is 4.98. The largest absolute Gasteiger partial charge is 0.439 e. The first-order valence-electron chi connectivity index (χ1n) is 9.03. The van der Waals surface area contributed by atoms with E-state index in [1.807, 2.05) is 0 Å². The predicted octanol–water partition coefficient (Wildman–Crippen LogP) is 6.61. The maximum Gasteiger partial charge on any atom is 0.439 e. The molecule has 0 bridgehead atoms. The minimum absolute atomic E-state index is 0.104. The lowest BCUT2D eigenvalue weighted by Gasteiger charge is -2.31. The molecule has 3 aromatic rings. The highest BCUT2D eigenvalue weighted by Gasteiger charge is 2.78. The van der Waals surface area contributed by atoms with Crippen molar-refractivity contribution in [3.05, 3.63) is 42.1 Å². The van der Waals surface area contributed by atoms with Gasteiger partial charge in [0.2, 0.25) is 0 Å². The Morgan fingerprint density at radius 3 is 1.36 bits per heavy atom. The molecule has 0 spiro atoms. The van der Waals surface area contributed by atoms with E-state index in [0.29, 0.717) is 0 Å². The Balaban J connectivity index is 2.54. The second kappa shape index (κ2) is 7.89. The summed E-state index contributed by atoms with van der Waals surface area (Å²) in [6.45, 7) is 0. The highest BCUT2D eigenvalue weighted by atomic mass is 19.4. The Bertz CT molecular complexity index is 1200. The van der Waals surface area contributed by atoms with Crippen molar-refractivity contribution < 1.29 is 61.5 Å². The number of alkyl halides is 14. The molecular weight excluding hydrogens is 538 g/mol. The molecule has 4 nitrogen and oxygen atoms in total. The first-order valence-corrected chi connectivity index (χ1v) is 9.03. The number of benzene rings is 1. The van der Waals surface area contributed by atoms with E-state index in [2.05, 4.69) is 9.97 Å². The van der Waals surface area contributed by atoms with Crippen LogP contribution in [-0.2, 0) is 18.4 Å². The van der Waals surface area contributed by atoms with Gasteiger partial charge in [-0.1, -0.05) is 18.2 Å². The number of aryl methyl sites for hydroxylation is 1. The van der Waals surface area contributed by atoms with Gasteiger partial charge in [0.25, 0.3) is 0 Å². The fourth-order valence-electron chi connectivity index (χ4n) is 3.15. The average molecular weight is 546 g/mol. The fraction of sp³-hybridized carbons (Fsp3) is 0.389. The number of hydrogen-bond donors (Lipinski definition) is 0. The second-order valence-electron chi connectivity index (χ2n) is 7.29. The normalized spacial score (nSPS) is 14.5. The van der Waals surface area contributed by atoms with Crippen LogP contribution in [0.1, 0.15) is 11.6 Å². The van der Waals surface area contributed by atoms with Crippen molar-refractivity contribution in [2.24, 2.45) is 7.05 Å². The van der Waals surface area contributed by atoms with Gasteiger partial charge in [-0.05, 0) is 6.07 Å². The molecule has 0 saturated heterocycles. The number of aromatic nitrogens is 4. The zero-order chi connectivity index (χ0) is 27.7. The number of rotatable bonds is 3. The Kier molecular flexibility index (Phi) is 6.00. The van der Waals surface area contributed by atoms with Crippen LogP contribution in [0.15, 0.2) is 30.5 Å². The van der Waals surface area contributed by atoms with Crippen molar-refractivity contribution in [3.63, 3.8) is 0 Å². The van der Waals surface area contributed by atoms with Crippen LogP contribution in [-0.4, -0.2) is 44.2 Å². The van der Waals surface area contributed by atoms with E-state index in [9.17, 15) is 61.5 Å². The lowest BCUT2D eigenvalue weighted by atomic mass is 10.0. The van der Waals surface area contributed by atoms with Crippen molar-refractivity contribution in [1.29, 1.82) is 0 Å². The molecule has 0 aliphatic rings. The maximum absolute atomic E-state index is 14.6. The van der Waals surface area contributed by atoms with Crippen molar-refractivity contribution in [3.8, 4) is 11.4 Å². The first kappa shape index (κ1) is 27.4. The zero-order valence-electron chi connectivity index (χ0n) is 17.0. The summed E-state index contributed by atoms with van der Waals surface area (Å²) in [5.74, 6) is -8.25. The van der Waals surface area contributed by atoms with Crippen molar-refractivity contribution in [2.75, 3.05) is 0 Å². The predicted molar refractivity (Wildman–Crippen MR) is 91.5 cm³/mol. The Labute approximate surface area is 189 Å². The maximum atomic E-state index is 14.6. The summed E-state index contributed by atoms with van der Waals surface area (Å²) in [4.78, 5) is 6.99. The first-order chi connectivity index (χ1) is 16.1. The lowest BCUT2D eigenvalue weighted by molar-refractivity contribution is -0.354. The van der Waals surface area contributed by atoms with Gasteiger partial charge in [0, 0.05) is 29.7 Å². The molecule has 0 N–H and O–H groups in total. The molecule has 0 radical (unpaired) electrons. The third kappa shape index (κ3) is 3.89. The van der Waals surface area contributed by atoms with Gasteiger partial charge in [-0.25, -0.2) is 23.7 Å². The number of nitrogens with zero attached hydrogens (tertiary/aromatic N) is 4. The van der Waals surface area contributed by atoms with Crippen LogP contribution in [0, 0.1) is 0 Å². The highest BCUT2D eigenvalue weighted by molar-refractivity contribution is 5.94. The van der Waals surface area contributed by atoms with E-state index in [1.165, 1.54) is 25.2 Å². The van der Waals surface area contributed by atoms with Crippen LogP contribution in [0.2, 0.25) is 0 Å². The summed E-state index contributed by atoms with van der Waals surface area (Å²) in [7, 11) is 1.23. The van der Waals surface area contributed by atoms with Crippen molar-refractivity contribution >= 4 is 10.9 Å². The summed E-state index contributed by atoms with van der Waals surface area (Å²) >= 11 is 0. The number of para-hydroxylation sites is 1. The van der Waals surface area contributed by atoms with Crippen LogP contribution >= 0.6 is 0 Å². The van der Waals surface area contributed by atoms with Crippen LogP contribution in [0.25, 0.3) is 22.3 Å². The van der Waals surface area contributed by atoms with Crippen LogP contribution in [0.4, 0.5) is 61.5 Å².